The van der Waals surface area contributed by atoms with E-state index in [4.69, 9.17) is 11.6 Å². The lowest BCUT2D eigenvalue weighted by Crippen LogP contribution is -1.98. The van der Waals surface area contributed by atoms with Gasteiger partial charge in [0.2, 0.25) is 0 Å². The molecule has 0 N–H and O–H groups in total. The van der Waals surface area contributed by atoms with Crippen molar-refractivity contribution in [3.8, 4) is 6.07 Å². The van der Waals surface area contributed by atoms with E-state index >= 15 is 0 Å². The van der Waals surface area contributed by atoms with E-state index in [1.165, 1.54) is 16.5 Å². The fourth-order valence-corrected chi connectivity index (χ4v) is 4.94. The van der Waals surface area contributed by atoms with Gasteiger partial charge in [-0.25, -0.2) is 9.97 Å². The molecule has 0 amide bonds. The lowest BCUT2D eigenvalue weighted by atomic mass is 10.2. The number of thioether (sulfide) groups is 1. The first-order valence-electron chi connectivity index (χ1n) is 6.64. The molecule has 0 saturated carbocycles. The predicted octanol–water partition coefficient (Wildman–Crippen LogP) is 5.13. The topological polar surface area (TPSA) is 49.6 Å². The van der Waals surface area contributed by atoms with Gasteiger partial charge in [-0.3, -0.25) is 0 Å². The van der Waals surface area contributed by atoms with Crippen LogP contribution in [0.15, 0.2) is 29.3 Å². The van der Waals surface area contributed by atoms with Crippen molar-refractivity contribution < 1.29 is 0 Å². The van der Waals surface area contributed by atoms with Crippen molar-refractivity contribution in [3.63, 3.8) is 0 Å². The highest BCUT2D eigenvalue weighted by atomic mass is 35.5. The first-order chi connectivity index (χ1) is 10.6. The molecule has 0 unspecified atom stereocenters. The van der Waals surface area contributed by atoms with Crippen LogP contribution in [0.2, 0.25) is 5.02 Å². The highest BCUT2D eigenvalue weighted by Crippen LogP contribution is 2.38. The third-order valence-electron chi connectivity index (χ3n) is 3.22. The molecule has 110 valence electrons. The van der Waals surface area contributed by atoms with E-state index in [0.717, 1.165) is 26.0 Å². The molecule has 0 bridgehead atoms. The minimum absolute atomic E-state index is 0.549. The number of rotatable bonds is 3. The second-order valence-electron chi connectivity index (χ2n) is 4.77. The maximum Gasteiger partial charge on any atom is 0.126 e. The Balaban J connectivity index is 1.92. The van der Waals surface area contributed by atoms with Crippen LogP contribution in [0.3, 0.4) is 0 Å². The van der Waals surface area contributed by atoms with Crippen molar-refractivity contribution in [2.45, 2.75) is 24.6 Å². The number of halogens is 1. The molecule has 3 nitrogen and oxygen atoms in total. The van der Waals surface area contributed by atoms with Crippen LogP contribution in [0.4, 0.5) is 0 Å². The molecule has 3 rings (SSSR count). The van der Waals surface area contributed by atoms with Crippen LogP contribution >= 0.6 is 34.7 Å². The molecular formula is C16H12ClN3S2. The number of aromatic nitrogens is 2. The summed E-state index contributed by atoms with van der Waals surface area (Å²) in [6.07, 6.45) is 0. The van der Waals surface area contributed by atoms with Gasteiger partial charge in [0, 0.05) is 20.7 Å². The lowest BCUT2D eigenvalue weighted by Gasteiger charge is -2.06. The van der Waals surface area contributed by atoms with Crippen molar-refractivity contribution in [2.24, 2.45) is 0 Å². The Labute approximate surface area is 142 Å². The van der Waals surface area contributed by atoms with Crippen molar-refractivity contribution in [2.75, 3.05) is 0 Å². The predicted molar refractivity (Wildman–Crippen MR) is 92.6 cm³/mol. The molecule has 0 spiro atoms. The summed E-state index contributed by atoms with van der Waals surface area (Å²) < 4.78 is 1.18. The van der Waals surface area contributed by atoms with Gasteiger partial charge in [-0.2, -0.15) is 5.26 Å². The van der Waals surface area contributed by atoms with E-state index in [-0.39, 0.29) is 0 Å². The Morgan fingerprint density at radius 1 is 1.27 bits per heavy atom. The Bertz CT molecular complexity index is 896. The third kappa shape index (κ3) is 2.82. The second kappa shape index (κ2) is 6.25. The van der Waals surface area contributed by atoms with Crippen molar-refractivity contribution in [1.29, 1.82) is 5.26 Å². The molecule has 0 fully saturated rings. The van der Waals surface area contributed by atoms with Crippen molar-refractivity contribution >= 4 is 44.8 Å². The highest BCUT2D eigenvalue weighted by Gasteiger charge is 2.14. The molecule has 0 aliphatic carbocycles. The fourth-order valence-electron chi connectivity index (χ4n) is 2.21. The van der Waals surface area contributed by atoms with E-state index in [1.807, 2.05) is 32.0 Å². The van der Waals surface area contributed by atoms with Gasteiger partial charge < -0.3 is 0 Å². The fraction of sp³-hybridized carbons (Fsp3) is 0.188. The molecule has 22 heavy (non-hydrogen) atoms. The van der Waals surface area contributed by atoms with Crippen molar-refractivity contribution in [1.82, 2.24) is 9.97 Å². The van der Waals surface area contributed by atoms with Gasteiger partial charge in [0.1, 0.15) is 22.5 Å². The van der Waals surface area contributed by atoms with E-state index in [2.05, 4.69) is 22.1 Å². The Morgan fingerprint density at radius 3 is 2.77 bits per heavy atom. The third-order valence-corrected chi connectivity index (χ3v) is 6.12. The van der Waals surface area contributed by atoms with E-state index in [9.17, 15) is 5.26 Å². The number of fused-ring (bicyclic) bond motifs is 1. The van der Waals surface area contributed by atoms with Gasteiger partial charge in [0.15, 0.2) is 0 Å². The molecule has 0 radical (unpaired) electrons. The SMILES string of the molecule is Cc1nc(C)c(C#N)c(SCc2sc3ccccc3c2Cl)n1. The monoisotopic (exact) mass is 345 g/mol. The summed E-state index contributed by atoms with van der Waals surface area (Å²) >= 11 is 9.68. The van der Waals surface area contributed by atoms with Gasteiger partial charge in [-0.1, -0.05) is 41.6 Å². The standard InChI is InChI=1S/C16H12ClN3S2/c1-9-12(7-18)16(20-10(2)19-9)21-8-14-15(17)11-5-3-4-6-13(11)22-14/h3-6H,8H2,1-2H3. The molecule has 0 aliphatic rings. The van der Waals surface area contributed by atoms with Gasteiger partial charge in [-0.15, -0.1) is 11.3 Å². The summed E-state index contributed by atoms with van der Waals surface area (Å²) in [5.74, 6) is 1.38. The molecule has 6 heteroatoms. The summed E-state index contributed by atoms with van der Waals surface area (Å²) in [7, 11) is 0. The minimum atomic E-state index is 0.549. The molecule has 3 aromatic rings. The maximum atomic E-state index is 9.29. The van der Waals surface area contributed by atoms with Gasteiger partial charge >= 0.3 is 0 Å². The van der Waals surface area contributed by atoms with Gasteiger partial charge in [-0.05, 0) is 19.9 Å². The van der Waals surface area contributed by atoms with Crippen LogP contribution in [0.25, 0.3) is 10.1 Å². The van der Waals surface area contributed by atoms with Crippen LogP contribution in [0, 0.1) is 25.2 Å². The lowest BCUT2D eigenvalue weighted by molar-refractivity contribution is 0.923. The summed E-state index contributed by atoms with van der Waals surface area (Å²) in [4.78, 5) is 9.74. The van der Waals surface area contributed by atoms with E-state index < -0.39 is 0 Å². The van der Waals surface area contributed by atoms with Crippen LogP contribution in [-0.2, 0) is 5.75 Å². The van der Waals surface area contributed by atoms with Crippen molar-refractivity contribution in [3.05, 3.63) is 51.2 Å². The zero-order valence-electron chi connectivity index (χ0n) is 12.1. The summed E-state index contributed by atoms with van der Waals surface area (Å²) in [6.45, 7) is 3.67. The Hall–Kier alpha value is -1.61. The molecule has 2 aromatic heterocycles. The largest absolute Gasteiger partial charge is 0.237 e. The van der Waals surface area contributed by atoms with Crippen LogP contribution in [0.1, 0.15) is 22.0 Å². The molecule has 0 atom stereocenters. The zero-order valence-corrected chi connectivity index (χ0v) is 14.4. The van der Waals surface area contributed by atoms with E-state index in [1.54, 1.807) is 11.3 Å². The number of nitrogens with zero attached hydrogens (tertiary/aromatic N) is 3. The van der Waals surface area contributed by atoms with Crippen LogP contribution in [0.5, 0.6) is 0 Å². The first-order valence-corrected chi connectivity index (χ1v) is 8.82. The van der Waals surface area contributed by atoms with E-state index in [0.29, 0.717) is 17.1 Å². The van der Waals surface area contributed by atoms with Gasteiger partial charge in [0.05, 0.1) is 10.7 Å². The Kier molecular flexibility index (Phi) is 4.34. The Morgan fingerprint density at radius 2 is 2.05 bits per heavy atom. The molecule has 0 aliphatic heterocycles. The summed E-state index contributed by atoms with van der Waals surface area (Å²) in [5.41, 5.74) is 1.27. The molecular weight excluding hydrogens is 334 g/mol. The molecule has 2 heterocycles. The quantitative estimate of drug-likeness (QED) is 0.488. The number of benzene rings is 1. The number of hydrogen-bond donors (Lipinski definition) is 0. The smallest absolute Gasteiger partial charge is 0.126 e. The molecule has 1 aromatic carbocycles. The normalized spacial score (nSPS) is 10.8. The number of aryl methyl sites for hydroxylation is 2. The second-order valence-corrected chi connectivity index (χ2v) is 7.25. The summed E-state index contributed by atoms with van der Waals surface area (Å²) in [5, 5.41) is 11.9. The minimum Gasteiger partial charge on any atom is -0.237 e. The first kappa shape index (κ1) is 15.3. The van der Waals surface area contributed by atoms with Crippen LogP contribution < -0.4 is 0 Å². The maximum absolute atomic E-state index is 9.29. The molecule has 0 saturated heterocycles. The average Bonchev–Trinajstić information content (AvgIpc) is 2.81. The zero-order chi connectivity index (χ0) is 15.7. The summed E-state index contributed by atoms with van der Waals surface area (Å²) in [6, 6.07) is 10.3. The number of nitriles is 1. The average molecular weight is 346 g/mol. The number of hydrogen-bond acceptors (Lipinski definition) is 5. The highest BCUT2D eigenvalue weighted by molar-refractivity contribution is 7.98. The van der Waals surface area contributed by atoms with Crippen LogP contribution in [-0.4, -0.2) is 9.97 Å². The van der Waals surface area contributed by atoms with Gasteiger partial charge in [0.25, 0.3) is 0 Å². The number of thiophene rings is 1.